The second-order valence-corrected chi connectivity index (χ2v) is 6.65. The van der Waals surface area contributed by atoms with Gasteiger partial charge in [0.05, 0.1) is 19.5 Å². The monoisotopic (exact) mass is 415 g/mol. The van der Waals surface area contributed by atoms with Gasteiger partial charge in [-0.15, -0.1) is 11.3 Å². The van der Waals surface area contributed by atoms with Crippen molar-refractivity contribution in [3.8, 4) is 22.8 Å². The highest BCUT2D eigenvalue weighted by atomic mass is 32.1. The van der Waals surface area contributed by atoms with E-state index in [9.17, 15) is 9.59 Å². The maximum Gasteiger partial charge on any atom is 0.341 e. The van der Waals surface area contributed by atoms with E-state index < -0.39 is 11.9 Å². The van der Waals surface area contributed by atoms with Gasteiger partial charge in [-0.2, -0.15) is 0 Å². The molecule has 0 aliphatic rings. The van der Waals surface area contributed by atoms with E-state index in [0.717, 1.165) is 0 Å². The van der Waals surface area contributed by atoms with Crippen LogP contribution in [0.3, 0.4) is 0 Å². The van der Waals surface area contributed by atoms with Gasteiger partial charge < -0.3 is 23.9 Å². The van der Waals surface area contributed by atoms with Gasteiger partial charge in [-0.3, -0.25) is 4.79 Å². The number of anilines is 1. The van der Waals surface area contributed by atoms with Gasteiger partial charge in [0.25, 0.3) is 5.91 Å². The van der Waals surface area contributed by atoms with Crippen LogP contribution in [-0.4, -0.2) is 31.7 Å². The first-order chi connectivity index (χ1) is 14.1. The van der Waals surface area contributed by atoms with Crippen LogP contribution < -0.4 is 14.8 Å². The number of para-hydroxylation sites is 2. The molecule has 2 aromatic heterocycles. The molecule has 8 heteroatoms. The lowest BCUT2D eigenvalue weighted by molar-refractivity contribution is -0.118. The Morgan fingerprint density at radius 2 is 1.79 bits per heavy atom. The molecular weight excluding hydrogens is 394 g/mol. The van der Waals surface area contributed by atoms with E-state index in [1.54, 1.807) is 42.6 Å². The van der Waals surface area contributed by atoms with Gasteiger partial charge in [-0.05, 0) is 38.1 Å². The first-order valence-corrected chi connectivity index (χ1v) is 9.99. The van der Waals surface area contributed by atoms with Crippen LogP contribution in [0.1, 0.15) is 24.2 Å². The van der Waals surface area contributed by atoms with Crippen molar-refractivity contribution in [2.45, 2.75) is 13.8 Å². The Morgan fingerprint density at radius 1 is 1.03 bits per heavy atom. The van der Waals surface area contributed by atoms with E-state index in [0.29, 0.717) is 34.4 Å². The minimum Gasteiger partial charge on any atom is -0.490 e. The summed E-state index contributed by atoms with van der Waals surface area (Å²) in [5.41, 5.74) is 0.825. The number of benzene rings is 1. The fourth-order valence-corrected chi connectivity index (χ4v) is 3.57. The molecule has 1 aromatic carbocycles. The summed E-state index contributed by atoms with van der Waals surface area (Å²) < 4.78 is 21.6. The molecule has 3 rings (SSSR count). The summed E-state index contributed by atoms with van der Waals surface area (Å²) in [6.45, 7) is 4.06. The van der Waals surface area contributed by atoms with Crippen molar-refractivity contribution in [1.29, 1.82) is 0 Å². The second-order valence-electron chi connectivity index (χ2n) is 5.77. The highest BCUT2D eigenvalue weighted by Crippen LogP contribution is 2.36. The molecule has 0 fully saturated rings. The maximum absolute atomic E-state index is 12.5. The van der Waals surface area contributed by atoms with E-state index >= 15 is 0 Å². The van der Waals surface area contributed by atoms with Crippen molar-refractivity contribution in [3.05, 3.63) is 53.6 Å². The van der Waals surface area contributed by atoms with Crippen molar-refractivity contribution in [3.63, 3.8) is 0 Å². The fraction of sp³-hybridized carbons (Fsp3) is 0.238. The molecule has 7 nitrogen and oxygen atoms in total. The summed E-state index contributed by atoms with van der Waals surface area (Å²) in [7, 11) is 0. The van der Waals surface area contributed by atoms with Crippen LogP contribution in [0.15, 0.2) is 52.5 Å². The summed E-state index contributed by atoms with van der Waals surface area (Å²) in [6, 6.07) is 10.6. The van der Waals surface area contributed by atoms with Gasteiger partial charge in [0.15, 0.2) is 18.1 Å². The van der Waals surface area contributed by atoms with Crippen LogP contribution in [0, 0.1) is 0 Å². The van der Waals surface area contributed by atoms with Crippen molar-refractivity contribution in [2.75, 3.05) is 25.1 Å². The zero-order valence-electron chi connectivity index (χ0n) is 16.1. The molecule has 0 saturated heterocycles. The van der Waals surface area contributed by atoms with Crippen LogP contribution in [-0.2, 0) is 9.53 Å². The van der Waals surface area contributed by atoms with E-state index in [2.05, 4.69) is 5.32 Å². The number of carbonyl (C=O) groups excluding carboxylic acids is 2. The van der Waals surface area contributed by atoms with Crippen molar-refractivity contribution < 1.29 is 28.2 Å². The van der Waals surface area contributed by atoms with Crippen molar-refractivity contribution in [2.24, 2.45) is 0 Å². The number of hydrogen-bond acceptors (Lipinski definition) is 7. The third-order valence-electron chi connectivity index (χ3n) is 3.82. The average molecular weight is 415 g/mol. The number of carbonyl (C=O) groups is 2. The molecule has 0 bridgehead atoms. The molecule has 0 spiro atoms. The van der Waals surface area contributed by atoms with Gasteiger partial charge in [0.1, 0.15) is 16.3 Å². The number of nitrogens with one attached hydrogen (secondary N) is 1. The molecule has 152 valence electrons. The van der Waals surface area contributed by atoms with Gasteiger partial charge in [0.2, 0.25) is 0 Å². The molecule has 0 saturated carbocycles. The summed E-state index contributed by atoms with van der Waals surface area (Å²) in [5.74, 6) is 0.614. The van der Waals surface area contributed by atoms with E-state index in [-0.39, 0.29) is 18.8 Å². The van der Waals surface area contributed by atoms with Crippen molar-refractivity contribution in [1.82, 2.24) is 0 Å². The Bertz CT molecular complexity index is 963. The quantitative estimate of drug-likeness (QED) is 0.514. The predicted octanol–water partition coefficient (Wildman–Crippen LogP) is 4.60. The molecule has 29 heavy (non-hydrogen) atoms. The predicted molar refractivity (Wildman–Crippen MR) is 110 cm³/mol. The first-order valence-electron chi connectivity index (χ1n) is 9.11. The molecule has 0 unspecified atom stereocenters. The highest BCUT2D eigenvalue weighted by molar-refractivity contribution is 7.15. The molecule has 0 atom stereocenters. The zero-order chi connectivity index (χ0) is 20.6. The largest absolute Gasteiger partial charge is 0.490 e. The third-order valence-corrected chi connectivity index (χ3v) is 4.71. The van der Waals surface area contributed by atoms with Crippen LogP contribution in [0.4, 0.5) is 5.00 Å². The number of esters is 1. The Kier molecular flexibility index (Phi) is 6.91. The Morgan fingerprint density at radius 3 is 2.45 bits per heavy atom. The van der Waals surface area contributed by atoms with E-state index in [1.165, 1.54) is 17.6 Å². The zero-order valence-corrected chi connectivity index (χ0v) is 16.9. The molecular formula is C21H21NO6S. The normalized spacial score (nSPS) is 10.4. The van der Waals surface area contributed by atoms with Crippen LogP contribution in [0.5, 0.6) is 11.5 Å². The Hall–Kier alpha value is -3.26. The SMILES string of the molecule is CCOC(=O)c1c(-c2ccco2)csc1NC(=O)COc1ccccc1OCC. The molecule has 2 heterocycles. The van der Waals surface area contributed by atoms with Crippen LogP contribution in [0.25, 0.3) is 11.3 Å². The van der Waals surface area contributed by atoms with Gasteiger partial charge in [-0.1, -0.05) is 12.1 Å². The molecule has 1 amide bonds. The number of ether oxygens (including phenoxy) is 3. The topological polar surface area (TPSA) is 87.0 Å². The number of amides is 1. The minimum absolute atomic E-state index is 0.219. The van der Waals surface area contributed by atoms with Gasteiger partial charge >= 0.3 is 5.97 Å². The van der Waals surface area contributed by atoms with E-state index in [1.807, 2.05) is 13.0 Å². The lowest BCUT2D eigenvalue weighted by Crippen LogP contribution is -2.21. The van der Waals surface area contributed by atoms with Gasteiger partial charge in [0, 0.05) is 10.9 Å². The molecule has 0 aliphatic heterocycles. The third kappa shape index (κ3) is 4.97. The lowest BCUT2D eigenvalue weighted by Gasteiger charge is -2.12. The maximum atomic E-state index is 12.5. The Balaban J connectivity index is 1.74. The highest BCUT2D eigenvalue weighted by Gasteiger charge is 2.24. The number of thiophene rings is 1. The molecule has 0 radical (unpaired) electrons. The summed E-state index contributed by atoms with van der Waals surface area (Å²) in [6.07, 6.45) is 1.52. The second kappa shape index (κ2) is 9.79. The number of hydrogen-bond donors (Lipinski definition) is 1. The van der Waals surface area contributed by atoms with Crippen LogP contribution >= 0.6 is 11.3 Å². The minimum atomic E-state index is -0.530. The standard InChI is InChI=1S/C21H21NO6S/c1-3-25-16-8-5-6-9-17(16)28-12-18(23)22-20-19(21(24)26-4-2)14(13-29-20)15-10-7-11-27-15/h5-11,13H,3-4,12H2,1-2H3,(H,22,23). The number of furan rings is 1. The van der Waals surface area contributed by atoms with Gasteiger partial charge in [-0.25, -0.2) is 4.79 Å². The molecule has 3 aromatic rings. The van der Waals surface area contributed by atoms with E-state index in [4.69, 9.17) is 18.6 Å². The summed E-state index contributed by atoms with van der Waals surface area (Å²) >= 11 is 1.22. The Labute approximate surface area is 172 Å². The summed E-state index contributed by atoms with van der Waals surface area (Å²) in [5, 5.41) is 4.84. The molecule has 0 aliphatic carbocycles. The van der Waals surface area contributed by atoms with Crippen LogP contribution in [0.2, 0.25) is 0 Å². The summed E-state index contributed by atoms with van der Waals surface area (Å²) in [4.78, 5) is 24.9. The molecule has 1 N–H and O–H groups in total. The lowest BCUT2D eigenvalue weighted by atomic mass is 10.1. The average Bonchev–Trinajstić information content (AvgIpc) is 3.37. The number of rotatable bonds is 9. The first kappa shape index (κ1) is 20.5. The van der Waals surface area contributed by atoms with Crippen molar-refractivity contribution >= 4 is 28.2 Å². The smallest absolute Gasteiger partial charge is 0.341 e. The fourth-order valence-electron chi connectivity index (χ4n) is 2.62.